The second-order valence-electron chi connectivity index (χ2n) is 6.82. The molecule has 1 spiro atoms. The standard InChI is InChI=1S/C13H24N2O3/c1-11(2,3)18-10(16)15-8-13(9-15)7-14-6-5-12(13,4)17/h14,17H,5-9H2,1-4H3. The summed E-state index contributed by atoms with van der Waals surface area (Å²) in [6.45, 7) is 10.2. The Morgan fingerprint density at radius 2 is 2.00 bits per heavy atom. The van der Waals surface area contributed by atoms with Crippen LogP contribution in [-0.2, 0) is 4.74 Å². The van der Waals surface area contributed by atoms with Gasteiger partial charge in [-0.15, -0.1) is 0 Å². The molecule has 18 heavy (non-hydrogen) atoms. The van der Waals surface area contributed by atoms with Crippen LogP contribution < -0.4 is 5.32 Å². The number of hydrogen-bond acceptors (Lipinski definition) is 4. The summed E-state index contributed by atoms with van der Waals surface area (Å²) in [5.41, 5.74) is -1.37. The van der Waals surface area contributed by atoms with E-state index < -0.39 is 11.2 Å². The molecule has 2 aliphatic heterocycles. The van der Waals surface area contributed by atoms with Gasteiger partial charge in [-0.3, -0.25) is 0 Å². The largest absolute Gasteiger partial charge is 0.444 e. The lowest BCUT2D eigenvalue weighted by atomic mass is 9.64. The van der Waals surface area contributed by atoms with E-state index in [0.29, 0.717) is 13.1 Å². The second-order valence-corrected chi connectivity index (χ2v) is 6.82. The molecule has 2 aliphatic rings. The van der Waals surface area contributed by atoms with Crippen molar-refractivity contribution in [1.29, 1.82) is 0 Å². The van der Waals surface area contributed by atoms with Crippen molar-refractivity contribution in [3.05, 3.63) is 0 Å². The first-order valence-electron chi connectivity index (χ1n) is 6.56. The Bertz CT molecular complexity index is 341. The molecule has 0 radical (unpaired) electrons. The quantitative estimate of drug-likeness (QED) is 0.678. The molecule has 0 saturated carbocycles. The van der Waals surface area contributed by atoms with E-state index in [-0.39, 0.29) is 11.5 Å². The van der Waals surface area contributed by atoms with Gasteiger partial charge in [0.25, 0.3) is 0 Å². The van der Waals surface area contributed by atoms with Gasteiger partial charge in [-0.1, -0.05) is 0 Å². The summed E-state index contributed by atoms with van der Waals surface area (Å²) in [4.78, 5) is 13.6. The molecule has 2 heterocycles. The number of likely N-dealkylation sites (tertiary alicyclic amines) is 1. The van der Waals surface area contributed by atoms with Crippen LogP contribution >= 0.6 is 0 Å². The maximum absolute atomic E-state index is 11.9. The predicted octanol–water partition coefficient (Wildman–Crippen LogP) is 0.968. The summed E-state index contributed by atoms with van der Waals surface area (Å²) in [7, 11) is 0. The monoisotopic (exact) mass is 256 g/mol. The zero-order valence-electron chi connectivity index (χ0n) is 11.7. The summed E-state index contributed by atoms with van der Waals surface area (Å²) in [6, 6.07) is 0. The van der Waals surface area contributed by atoms with Crippen molar-refractivity contribution < 1.29 is 14.6 Å². The van der Waals surface area contributed by atoms with Crippen LogP contribution in [0.4, 0.5) is 4.79 Å². The van der Waals surface area contributed by atoms with Crippen molar-refractivity contribution in [2.75, 3.05) is 26.2 Å². The van der Waals surface area contributed by atoms with Crippen molar-refractivity contribution in [2.24, 2.45) is 5.41 Å². The van der Waals surface area contributed by atoms with Crippen LogP contribution in [0.2, 0.25) is 0 Å². The lowest BCUT2D eigenvalue weighted by Gasteiger charge is -2.58. The van der Waals surface area contributed by atoms with Gasteiger partial charge in [-0.2, -0.15) is 0 Å². The molecule has 0 aromatic rings. The number of aliphatic hydroxyl groups is 1. The summed E-state index contributed by atoms with van der Waals surface area (Å²) in [5, 5.41) is 13.8. The molecule has 1 amide bonds. The third-order valence-electron chi connectivity index (χ3n) is 4.03. The van der Waals surface area contributed by atoms with Gasteiger partial charge in [0.2, 0.25) is 0 Å². The van der Waals surface area contributed by atoms with E-state index >= 15 is 0 Å². The van der Waals surface area contributed by atoms with Crippen molar-refractivity contribution >= 4 is 6.09 Å². The topological polar surface area (TPSA) is 61.8 Å². The minimum atomic E-state index is -0.698. The Kier molecular flexibility index (Phi) is 3.10. The summed E-state index contributed by atoms with van der Waals surface area (Å²) in [6.07, 6.45) is 0.448. The molecule has 1 atom stereocenters. The first-order valence-corrected chi connectivity index (χ1v) is 6.56. The van der Waals surface area contributed by atoms with Crippen molar-refractivity contribution in [2.45, 2.75) is 45.3 Å². The van der Waals surface area contributed by atoms with Gasteiger partial charge >= 0.3 is 6.09 Å². The summed E-state index contributed by atoms with van der Waals surface area (Å²) in [5.74, 6) is 0. The lowest BCUT2D eigenvalue weighted by molar-refractivity contribution is -0.161. The van der Waals surface area contributed by atoms with Gasteiger partial charge in [-0.05, 0) is 40.7 Å². The number of nitrogens with zero attached hydrogens (tertiary/aromatic N) is 1. The highest BCUT2D eigenvalue weighted by Crippen LogP contribution is 2.44. The van der Waals surface area contributed by atoms with E-state index in [2.05, 4.69) is 5.32 Å². The van der Waals surface area contributed by atoms with Crippen molar-refractivity contribution in [3.63, 3.8) is 0 Å². The molecule has 0 aromatic heterocycles. The highest BCUT2D eigenvalue weighted by Gasteiger charge is 2.57. The number of nitrogens with one attached hydrogen (secondary N) is 1. The summed E-state index contributed by atoms with van der Waals surface area (Å²) >= 11 is 0. The molecule has 0 aromatic carbocycles. The molecule has 2 rings (SSSR count). The van der Waals surface area contributed by atoms with E-state index in [1.807, 2.05) is 27.7 Å². The fourth-order valence-electron chi connectivity index (χ4n) is 2.71. The van der Waals surface area contributed by atoms with Gasteiger partial charge in [-0.25, -0.2) is 4.79 Å². The van der Waals surface area contributed by atoms with Crippen LogP contribution in [0.5, 0.6) is 0 Å². The Hall–Kier alpha value is -0.810. The van der Waals surface area contributed by atoms with E-state index in [1.54, 1.807) is 4.90 Å². The first-order chi connectivity index (χ1) is 8.15. The van der Waals surface area contributed by atoms with Crippen LogP contribution in [-0.4, -0.2) is 53.5 Å². The Morgan fingerprint density at radius 3 is 2.50 bits per heavy atom. The second kappa shape index (κ2) is 4.10. The maximum Gasteiger partial charge on any atom is 0.410 e. The molecule has 5 nitrogen and oxygen atoms in total. The van der Waals surface area contributed by atoms with E-state index in [4.69, 9.17) is 4.74 Å². The first kappa shape index (κ1) is 13.6. The van der Waals surface area contributed by atoms with Gasteiger partial charge < -0.3 is 20.1 Å². The van der Waals surface area contributed by atoms with Gasteiger partial charge in [0, 0.05) is 25.0 Å². The fraction of sp³-hybridized carbons (Fsp3) is 0.923. The van der Waals surface area contributed by atoms with E-state index in [0.717, 1.165) is 19.5 Å². The molecule has 2 N–H and O–H groups in total. The van der Waals surface area contributed by atoms with Crippen LogP contribution in [0, 0.1) is 5.41 Å². The van der Waals surface area contributed by atoms with E-state index in [1.165, 1.54) is 0 Å². The molecule has 1 unspecified atom stereocenters. The Morgan fingerprint density at radius 1 is 1.39 bits per heavy atom. The third-order valence-corrected chi connectivity index (χ3v) is 4.03. The van der Waals surface area contributed by atoms with Crippen molar-refractivity contribution in [1.82, 2.24) is 10.2 Å². The highest BCUT2D eigenvalue weighted by molar-refractivity contribution is 5.69. The van der Waals surface area contributed by atoms with Crippen molar-refractivity contribution in [3.8, 4) is 0 Å². The minimum Gasteiger partial charge on any atom is -0.444 e. The molecule has 0 aliphatic carbocycles. The summed E-state index contributed by atoms with van der Waals surface area (Å²) < 4.78 is 5.33. The number of ether oxygens (including phenoxy) is 1. The smallest absolute Gasteiger partial charge is 0.410 e. The number of rotatable bonds is 0. The zero-order valence-corrected chi connectivity index (χ0v) is 11.7. The predicted molar refractivity (Wildman–Crippen MR) is 68.4 cm³/mol. The molecular weight excluding hydrogens is 232 g/mol. The fourth-order valence-corrected chi connectivity index (χ4v) is 2.71. The number of hydrogen-bond donors (Lipinski definition) is 2. The maximum atomic E-state index is 11.9. The van der Waals surface area contributed by atoms with E-state index in [9.17, 15) is 9.90 Å². The zero-order chi connectivity index (χ0) is 13.6. The molecular formula is C13H24N2O3. The third kappa shape index (κ3) is 2.34. The molecule has 0 bridgehead atoms. The molecule has 104 valence electrons. The lowest BCUT2D eigenvalue weighted by Crippen LogP contribution is -2.73. The Labute approximate surface area is 108 Å². The number of piperidine rings is 1. The van der Waals surface area contributed by atoms with Gasteiger partial charge in [0.05, 0.1) is 5.60 Å². The molecule has 2 fully saturated rings. The van der Waals surface area contributed by atoms with Crippen LogP contribution in [0.25, 0.3) is 0 Å². The van der Waals surface area contributed by atoms with Gasteiger partial charge in [0.1, 0.15) is 5.60 Å². The SMILES string of the molecule is CC(C)(C)OC(=O)N1CC2(CNCCC2(C)O)C1. The highest BCUT2D eigenvalue weighted by atomic mass is 16.6. The van der Waals surface area contributed by atoms with Crippen LogP contribution in [0.3, 0.4) is 0 Å². The Balaban J connectivity index is 1.95. The molecule has 2 saturated heterocycles. The number of carbonyl (C=O) groups excluding carboxylic acids is 1. The number of amides is 1. The normalized spacial score (nSPS) is 31.1. The van der Waals surface area contributed by atoms with Crippen LogP contribution in [0.1, 0.15) is 34.1 Å². The van der Waals surface area contributed by atoms with Gasteiger partial charge in [0.15, 0.2) is 0 Å². The molecule has 5 heteroatoms. The average molecular weight is 256 g/mol. The van der Waals surface area contributed by atoms with Crippen LogP contribution in [0.15, 0.2) is 0 Å². The average Bonchev–Trinajstić information content (AvgIpc) is 2.10. The number of carbonyl (C=O) groups is 1. The minimum absolute atomic E-state index is 0.206.